The van der Waals surface area contributed by atoms with E-state index in [1.807, 2.05) is 23.6 Å². The van der Waals surface area contributed by atoms with Crippen molar-refractivity contribution in [3.8, 4) is 22.9 Å². The Kier molecular flexibility index (Phi) is 7.47. The average molecular weight is 467 g/mol. The maximum Gasteiger partial charge on any atom is 0.234 e. The number of nitrogens with zero attached hydrogens (tertiary/aromatic N) is 3. The molecule has 7 nitrogen and oxygen atoms in total. The van der Waals surface area contributed by atoms with Gasteiger partial charge >= 0.3 is 0 Å². The standard InChI is InChI=1S/C20H20Cl2N4O3S/c1-4-26-19(12-7-14(28-2)10-15(8-12)29-3)24-25-20(26)30-11-18(27)23-17-6-5-13(21)9-16(17)22/h5-10H,4,11H2,1-3H3,(H,23,27). The number of halogens is 2. The minimum absolute atomic E-state index is 0.151. The van der Waals surface area contributed by atoms with E-state index in [9.17, 15) is 4.79 Å². The highest BCUT2D eigenvalue weighted by Gasteiger charge is 2.16. The molecule has 0 aliphatic rings. The van der Waals surface area contributed by atoms with Crippen molar-refractivity contribution in [1.82, 2.24) is 14.8 Å². The largest absolute Gasteiger partial charge is 0.497 e. The van der Waals surface area contributed by atoms with Crippen molar-refractivity contribution in [1.29, 1.82) is 0 Å². The lowest BCUT2D eigenvalue weighted by Crippen LogP contribution is -2.15. The van der Waals surface area contributed by atoms with Crippen molar-refractivity contribution in [3.63, 3.8) is 0 Å². The monoisotopic (exact) mass is 466 g/mol. The van der Waals surface area contributed by atoms with Gasteiger partial charge in [-0.25, -0.2) is 0 Å². The van der Waals surface area contributed by atoms with E-state index in [1.165, 1.54) is 11.8 Å². The van der Waals surface area contributed by atoms with Crippen LogP contribution in [0.15, 0.2) is 41.6 Å². The molecule has 1 N–H and O–H groups in total. The lowest BCUT2D eigenvalue weighted by Gasteiger charge is -2.10. The third kappa shape index (κ3) is 5.19. The first-order valence-corrected chi connectivity index (χ1v) is 10.7. The molecular weight excluding hydrogens is 447 g/mol. The van der Waals surface area contributed by atoms with Gasteiger partial charge in [0.15, 0.2) is 11.0 Å². The normalized spacial score (nSPS) is 10.7. The molecule has 0 spiro atoms. The highest BCUT2D eigenvalue weighted by molar-refractivity contribution is 7.99. The van der Waals surface area contributed by atoms with Gasteiger partial charge in [0.25, 0.3) is 0 Å². The molecule has 0 atom stereocenters. The highest BCUT2D eigenvalue weighted by Crippen LogP contribution is 2.31. The first-order valence-electron chi connectivity index (χ1n) is 8.99. The quantitative estimate of drug-likeness (QED) is 0.469. The van der Waals surface area contributed by atoms with E-state index < -0.39 is 0 Å². The van der Waals surface area contributed by atoms with E-state index in [0.29, 0.717) is 44.8 Å². The molecule has 158 valence electrons. The molecule has 0 unspecified atom stereocenters. The molecule has 1 aromatic heterocycles. The second-order valence-electron chi connectivity index (χ2n) is 6.11. The number of hydrogen-bond acceptors (Lipinski definition) is 6. The maximum atomic E-state index is 12.4. The van der Waals surface area contributed by atoms with Crippen LogP contribution in [0.3, 0.4) is 0 Å². The summed E-state index contributed by atoms with van der Waals surface area (Å²) in [6.07, 6.45) is 0. The Morgan fingerprint density at radius 1 is 1.10 bits per heavy atom. The summed E-state index contributed by atoms with van der Waals surface area (Å²) >= 11 is 13.3. The minimum Gasteiger partial charge on any atom is -0.497 e. The van der Waals surface area contributed by atoms with E-state index >= 15 is 0 Å². The van der Waals surface area contributed by atoms with Gasteiger partial charge in [0, 0.05) is 23.2 Å². The lowest BCUT2D eigenvalue weighted by atomic mass is 10.2. The number of nitrogens with one attached hydrogen (secondary N) is 1. The fraction of sp³-hybridized carbons (Fsp3) is 0.250. The van der Waals surface area contributed by atoms with Crippen LogP contribution in [0.4, 0.5) is 5.69 Å². The Balaban J connectivity index is 1.75. The third-order valence-electron chi connectivity index (χ3n) is 4.18. The van der Waals surface area contributed by atoms with Gasteiger partial charge in [-0.05, 0) is 37.3 Å². The molecule has 0 aliphatic heterocycles. The van der Waals surface area contributed by atoms with Crippen LogP contribution < -0.4 is 14.8 Å². The molecule has 0 fully saturated rings. The Bertz CT molecular complexity index is 1040. The summed E-state index contributed by atoms with van der Waals surface area (Å²) in [6.45, 7) is 2.62. The van der Waals surface area contributed by atoms with Crippen molar-refractivity contribution in [3.05, 3.63) is 46.4 Å². The smallest absolute Gasteiger partial charge is 0.234 e. The van der Waals surface area contributed by atoms with Crippen molar-refractivity contribution in [2.24, 2.45) is 0 Å². The first-order chi connectivity index (χ1) is 14.4. The predicted molar refractivity (Wildman–Crippen MR) is 120 cm³/mol. The number of benzene rings is 2. The maximum absolute atomic E-state index is 12.4. The van der Waals surface area contributed by atoms with E-state index in [1.54, 1.807) is 38.5 Å². The molecule has 0 aliphatic carbocycles. The van der Waals surface area contributed by atoms with Crippen LogP contribution in [0.1, 0.15) is 6.92 Å². The summed E-state index contributed by atoms with van der Waals surface area (Å²) in [5, 5.41) is 12.9. The number of thioether (sulfide) groups is 1. The summed E-state index contributed by atoms with van der Waals surface area (Å²) in [5.41, 5.74) is 1.32. The van der Waals surface area contributed by atoms with Crippen LogP contribution in [0.25, 0.3) is 11.4 Å². The van der Waals surface area contributed by atoms with Crippen molar-refractivity contribution >= 4 is 46.6 Å². The number of aromatic nitrogens is 3. The van der Waals surface area contributed by atoms with Crippen LogP contribution in [0.5, 0.6) is 11.5 Å². The number of ether oxygens (including phenoxy) is 2. The first kappa shape index (κ1) is 22.3. The average Bonchev–Trinajstić information content (AvgIpc) is 3.16. The molecule has 3 aromatic rings. The highest BCUT2D eigenvalue weighted by atomic mass is 35.5. The molecule has 1 amide bonds. The fourth-order valence-electron chi connectivity index (χ4n) is 2.74. The van der Waals surface area contributed by atoms with Crippen LogP contribution in [-0.4, -0.2) is 40.6 Å². The lowest BCUT2D eigenvalue weighted by molar-refractivity contribution is -0.113. The summed E-state index contributed by atoms with van der Waals surface area (Å²) in [5.74, 6) is 1.92. The third-order valence-corrected chi connectivity index (χ3v) is 5.69. The van der Waals surface area contributed by atoms with E-state index in [0.717, 1.165) is 5.56 Å². The number of anilines is 1. The van der Waals surface area contributed by atoms with Crippen molar-refractivity contribution in [2.45, 2.75) is 18.6 Å². The predicted octanol–water partition coefficient (Wildman–Crippen LogP) is 5.02. The number of hydrogen-bond donors (Lipinski definition) is 1. The fourth-order valence-corrected chi connectivity index (χ4v) is 4.00. The molecule has 30 heavy (non-hydrogen) atoms. The Hall–Kier alpha value is -2.42. The van der Waals surface area contributed by atoms with E-state index in [2.05, 4.69) is 15.5 Å². The zero-order valence-corrected chi connectivity index (χ0v) is 18.9. The van der Waals surface area contributed by atoms with Gasteiger partial charge in [0.2, 0.25) is 5.91 Å². The van der Waals surface area contributed by atoms with Crippen LogP contribution in [0, 0.1) is 0 Å². The van der Waals surface area contributed by atoms with Gasteiger partial charge < -0.3 is 19.4 Å². The molecular formula is C20H20Cl2N4O3S. The molecule has 0 saturated heterocycles. The summed E-state index contributed by atoms with van der Waals surface area (Å²) in [6, 6.07) is 10.4. The van der Waals surface area contributed by atoms with Gasteiger partial charge in [0.05, 0.1) is 30.7 Å². The van der Waals surface area contributed by atoms with Gasteiger partial charge in [-0.3, -0.25) is 4.79 Å². The zero-order chi connectivity index (χ0) is 21.7. The number of rotatable bonds is 8. The summed E-state index contributed by atoms with van der Waals surface area (Å²) in [4.78, 5) is 12.4. The number of carbonyl (C=O) groups excluding carboxylic acids is 1. The number of carbonyl (C=O) groups is 1. The Morgan fingerprint density at radius 2 is 1.80 bits per heavy atom. The molecule has 1 heterocycles. The minimum atomic E-state index is -0.209. The summed E-state index contributed by atoms with van der Waals surface area (Å²) < 4.78 is 12.6. The van der Waals surface area contributed by atoms with Gasteiger partial charge in [-0.1, -0.05) is 35.0 Å². The van der Waals surface area contributed by atoms with Gasteiger partial charge in [-0.15, -0.1) is 10.2 Å². The number of methoxy groups -OCH3 is 2. The zero-order valence-electron chi connectivity index (χ0n) is 16.6. The topological polar surface area (TPSA) is 78.3 Å². The molecule has 0 bridgehead atoms. The molecule has 10 heteroatoms. The number of amides is 1. The van der Waals surface area contributed by atoms with E-state index in [4.69, 9.17) is 32.7 Å². The summed E-state index contributed by atoms with van der Waals surface area (Å²) in [7, 11) is 3.19. The Labute approximate surface area is 188 Å². The molecule has 3 rings (SSSR count). The SMILES string of the molecule is CCn1c(SCC(=O)Nc2ccc(Cl)cc2Cl)nnc1-c1cc(OC)cc(OC)c1. The van der Waals surface area contributed by atoms with Gasteiger partial charge in [-0.2, -0.15) is 0 Å². The molecule has 0 saturated carbocycles. The van der Waals surface area contributed by atoms with Crippen molar-refractivity contribution < 1.29 is 14.3 Å². The van der Waals surface area contributed by atoms with Crippen LogP contribution in [-0.2, 0) is 11.3 Å². The second-order valence-corrected chi connectivity index (χ2v) is 7.90. The molecule has 0 radical (unpaired) electrons. The van der Waals surface area contributed by atoms with E-state index in [-0.39, 0.29) is 11.7 Å². The van der Waals surface area contributed by atoms with Gasteiger partial charge in [0.1, 0.15) is 11.5 Å². The van der Waals surface area contributed by atoms with Crippen LogP contribution in [0.2, 0.25) is 10.0 Å². The second kappa shape index (κ2) is 10.1. The Morgan fingerprint density at radius 3 is 2.40 bits per heavy atom. The van der Waals surface area contributed by atoms with Crippen LogP contribution >= 0.6 is 35.0 Å². The molecule has 2 aromatic carbocycles. The van der Waals surface area contributed by atoms with Crippen molar-refractivity contribution in [2.75, 3.05) is 25.3 Å².